The molecule has 2 N–H and O–H groups in total. The Hall–Kier alpha value is -0.770. The van der Waals surface area contributed by atoms with E-state index in [1.807, 2.05) is 7.05 Å². The number of nitrogens with zero attached hydrogens (tertiary/aromatic N) is 2. The molecular formula is C7H14ClN3O. The molecule has 0 aliphatic rings. The normalized spacial score (nSPS) is 10.0. The van der Waals surface area contributed by atoms with Crippen LogP contribution in [0.15, 0.2) is 4.52 Å². The standard InChI is InChI=1S/C7H14N3O.ClH/c1-5(2)4-6-7(8)11-9-10(6)3;/h5H,4,8H2,1-3H3;1H/q+1;/p-1. The van der Waals surface area contributed by atoms with E-state index in [1.54, 1.807) is 4.68 Å². The Morgan fingerprint density at radius 1 is 1.58 bits per heavy atom. The van der Waals surface area contributed by atoms with Crippen LogP contribution in [0, 0.1) is 5.92 Å². The monoisotopic (exact) mass is 191 g/mol. The summed E-state index contributed by atoms with van der Waals surface area (Å²) in [5.74, 6) is 1.00. The Morgan fingerprint density at radius 3 is 2.50 bits per heavy atom. The number of hydrogen-bond donors (Lipinski definition) is 1. The maximum Gasteiger partial charge on any atom is 0.296 e. The van der Waals surface area contributed by atoms with Gasteiger partial charge in [-0.05, 0) is 5.92 Å². The Bertz CT molecular complexity index is 227. The maximum atomic E-state index is 5.54. The fourth-order valence-corrected chi connectivity index (χ4v) is 0.986. The van der Waals surface area contributed by atoms with Crippen molar-refractivity contribution in [3.05, 3.63) is 5.69 Å². The third-order valence-electron chi connectivity index (χ3n) is 1.54. The Kier molecular flexibility index (Phi) is 4.03. The van der Waals surface area contributed by atoms with E-state index < -0.39 is 0 Å². The zero-order valence-corrected chi connectivity index (χ0v) is 8.30. The van der Waals surface area contributed by atoms with Crippen LogP contribution in [-0.2, 0) is 13.5 Å². The molecule has 0 radical (unpaired) electrons. The highest BCUT2D eigenvalue weighted by Crippen LogP contribution is 2.09. The lowest BCUT2D eigenvalue weighted by molar-refractivity contribution is -0.746. The van der Waals surface area contributed by atoms with Gasteiger partial charge < -0.3 is 18.1 Å². The van der Waals surface area contributed by atoms with Gasteiger partial charge in [0.25, 0.3) is 11.6 Å². The molecule has 0 fully saturated rings. The number of aromatic nitrogens is 2. The average Bonchev–Trinajstić information content (AvgIpc) is 2.18. The third kappa shape index (κ3) is 2.37. The van der Waals surface area contributed by atoms with Crippen LogP contribution in [-0.4, -0.2) is 5.27 Å². The van der Waals surface area contributed by atoms with E-state index in [2.05, 4.69) is 19.1 Å². The molecule has 0 saturated heterocycles. The van der Waals surface area contributed by atoms with Gasteiger partial charge in [-0.15, -0.1) is 0 Å². The predicted molar refractivity (Wildman–Crippen MR) is 40.6 cm³/mol. The second-order valence-electron chi connectivity index (χ2n) is 3.11. The van der Waals surface area contributed by atoms with Crippen molar-refractivity contribution < 1.29 is 21.6 Å². The van der Waals surface area contributed by atoms with E-state index in [-0.39, 0.29) is 12.4 Å². The highest BCUT2D eigenvalue weighted by atomic mass is 35.5. The summed E-state index contributed by atoms with van der Waals surface area (Å²) in [6.45, 7) is 4.26. The highest BCUT2D eigenvalue weighted by Gasteiger charge is 2.19. The molecule has 0 unspecified atom stereocenters. The first kappa shape index (κ1) is 11.2. The molecule has 0 saturated carbocycles. The van der Waals surface area contributed by atoms with Gasteiger partial charge in [-0.3, -0.25) is 4.52 Å². The molecule has 1 heterocycles. The van der Waals surface area contributed by atoms with Gasteiger partial charge >= 0.3 is 0 Å². The van der Waals surface area contributed by atoms with Crippen molar-refractivity contribution in [2.24, 2.45) is 13.0 Å². The second kappa shape index (κ2) is 4.30. The van der Waals surface area contributed by atoms with E-state index in [0.717, 1.165) is 12.1 Å². The van der Waals surface area contributed by atoms with E-state index in [4.69, 9.17) is 10.3 Å². The molecule has 0 aromatic carbocycles. The van der Waals surface area contributed by atoms with Crippen LogP contribution in [0.2, 0.25) is 0 Å². The molecule has 1 aromatic rings. The summed E-state index contributed by atoms with van der Waals surface area (Å²) in [5.41, 5.74) is 6.51. The minimum atomic E-state index is 0. The fourth-order valence-electron chi connectivity index (χ4n) is 0.986. The first-order valence-corrected chi connectivity index (χ1v) is 3.71. The van der Waals surface area contributed by atoms with Crippen LogP contribution in [0.4, 0.5) is 5.88 Å². The minimum absolute atomic E-state index is 0. The number of hydrogen-bond acceptors (Lipinski definition) is 3. The summed E-state index contributed by atoms with van der Waals surface area (Å²) in [6, 6.07) is 0. The molecule has 5 heteroatoms. The van der Waals surface area contributed by atoms with Gasteiger partial charge in [0, 0.05) is 6.42 Å². The SMILES string of the molecule is CC(C)Cc1c(N)on[n+]1C.[Cl-]. The van der Waals surface area contributed by atoms with Crippen molar-refractivity contribution in [2.45, 2.75) is 20.3 Å². The van der Waals surface area contributed by atoms with Gasteiger partial charge in [-0.2, -0.15) is 0 Å². The lowest BCUT2D eigenvalue weighted by atomic mass is 10.1. The van der Waals surface area contributed by atoms with Crippen molar-refractivity contribution in [1.82, 2.24) is 5.27 Å². The summed E-state index contributed by atoms with van der Waals surface area (Å²) >= 11 is 0. The van der Waals surface area contributed by atoms with Gasteiger partial charge in [-0.1, -0.05) is 18.5 Å². The molecule has 0 bridgehead atoms. The maximum absolute atomic E-state index is 5.54. The van der Waals surface area contributed by atoms with Gasteiger partial charge in [-0.25, -0.2) is 0 Å². The van der Waals surface area contributed by atoms with Gasteiger partial charge in [0.2, 0.25) is 5.27 Å². The van der Waals surface area contributed by atoms with E-state index in [1.165, 1.54) is 0 Å². The lowest BCUT2D eigenvalue weighted by Crippen LogP contribution is -3.00. The highest BCUT2D eigenvalue weighted by molar-refractivity contribution is 5.24. The van der Waals surface area contributed by atoms with E-state index >= 15 is 0 Å². The largest absolute Gasteiger partial charge is 1.00 e. The van der Waals surface area contributed by atoms with Crippen LogP contribution < -0.4 is 22.8 Å². The zero-order valence-electron chi connectivity index (χ0n) is 7.54. The summed E-state index contributed by atoms with van der Waals surface area (Å²) in [5, 5.41) is 3.69. The summed E-state index contributed by atoms with van der Waals surface area (Å²) in [4.78, 5) is 0. The third-order valence-corrected chi connectivity index (χ3v) is 1.54. The number of halogens is 1. The number of rotatable bonds is 2. The molecule has 1 rings (SSSR count). The first-order chi connectivity index (χ1) is 5.11. The smallest absolute Gasteiger partial charge is 0.296 e. The molecule has 0 amide bonds. The average molecular weight is 192 g/mol. The van der Waals surface area contributed by atoms with Crippen molar-refractivity contribution in [2.75, 3.05) is 5.73 Å². The van der Waals surface area contributed by atoms with Crippen LogP contribution in [0.25, 0.3) is 0 Å². The summed E-state index contributed by atoms with van der Waals surface area (Å²) < 4.78 is 6.46. The van der Waals surface area contributed by atoms with E-state index in [9.17, 15) is 0 Å². The molecule has 0 spiro atoms. The molecular weight excluding hydrogens is 178 g/mol. The predicted octanol–water partition coefficient (Wildman–Crippen LogP) is -2.72. The zero-order chi connectivity index (χ0) is 8.43. The summed E-state index contributed by atoms with van der Waals surface area (Å²) in [6.07, 6.45) is 0.909. The molecule has 0 atom stereocenters. The first-order valence-electron chi connectivity index (χ1n) is 3.71. The molecule has 12 heavy (non-hydrogen) atoms. The van der Waals surface area contributed by atoms with Crippen LogP contribution in [0.5, 0.6) is 0 Å². The minimum Gasteiger partial charge on any atom is -1.00 e. The second-order valence-corrected chi connectivity index (χ2v) is 3.11. The number of nitrogen functional groups attached to an aromatic ring is 1. The van der Waals surface area contributed by atoms with E-state index in [0.29, 0.717) is 11.8 Å². The molecule has 0 aliphatic carbocycles. The van der Waals surface area contributed by atoms with Crippen molar-refractivity contribution in [3.8, 4) is 0 Å². The lowest BCUT2D eigenvalue weighted by Gasteiger charge is -1.96. The van der Waals surface area contributed by atoms with Crippen LogP contribution >= 0.6 is 0 Å². The van der Waals surface area contributed by atoms with Crippen LogP contribution in [0.3, 0.4) is 0 Å². The summed E-state index contributed by atoms with van der Waals surface area (Å²) in [7, 11) is 1.83. The van der Waals surface area contributed by atoms with Gasteiger partial charge in [0.1, 0.15) is 0 Å². The van der Waals surface area contributed by atoms with Crippen molar-refractivity contribution in [3.63, 3.8) is 0 Å². The molecule has 70 valence electrons. The Labute approximate surface area is 78.1 Å². The van der Waals surface area contributed by atoms with Crippen LogP contribution in [0.1, 0.15) is 19.5 Å². The van der Waals surface area contributed by atoms with Crippen molar-refractivity contribution in [1.29, 1.82) is 0 Å². The number of nitrogens with two attached hydrogens (primary N) is 1. The number of aryl methyl sites for hydroxylation is 1. The molecule has 4 nitrogen and oxygen atoms in total. The van der Waals surface area contributed by atoms with Crippen molar-refractivity contribution >= 4 is 5.88 Å². The topological polar surface area (TPSA) is 55.9 Å². The quantitative estimate of drug-likeness (QED) is 0.517. The number of anilines is 1. The van der Waals surface area contributed by atoms with Gasteiger partial charge in [0.15, 0.2) is 7.05 Å². The van der Waals surface area contributed by atoms with Gasteiger partial charge in [0.05, 0.1) is 0 Å². The molecule has 0 aliphatic heterocycles. The Morgan fingerprint density at radius 2 is 2.17 bits per heavy atom. The Balaban J connectivity index is 0.00000121. The molecule has 1 aromatic heterocycles. The fraction of sp³-hybridized carbons (Fsp3) is 0.714.